The molecule has 31 heavy (non-hydrogen) atoms. The third kappa shape index (κ3) is 3.93. The molecule has 2 aromatic heterocycles. The molecule has 0 saturated carbocycles. The monoisotopic (exact) mass is 438 g/mol. The first-order valence-electron chi connectivity index (χ1n) is 10.6. The van der Waals surface area contributed by atoms with Crippen LogP contribution in [0.1, 0.15) is 21.5 Å². The number of benzene rings is 1. The fourth-order valence-electron chi connectivity index (χ4n) is 4.66. The number of rotatable bonds is 4. The molecule has 1 aliphatic heterocycles. The number of carbonyl (C=O) groups is 1. The average molecular weight is 439 g/mol. The number of anilines is 1. The van der Waals surface area contributed by atoms with E-state index < -0.39 is 10.0 Å². The minimum atomic E-state index is -3.16. The predicted octanol–water partition coefficient (Wildman–Crippen LogP) is 1.92. The lowest BCUT2D eigenvalue weighted by Crippen LogP contribution is -2.48. The summed E-state index contributed by atoms with van der Waals surface area (Å²) in [6.07, 6.45) is 4.86. The number of piperazine rings is 1. The zero-order valence-corrected chi connectivity index (χ0v) is 18.3. The van der Waals surface area contributed by atoms with E-state index in [1.807, 2.05) is 47.0 Å². The van der Waals surface area contributed by atoms with Crippen LogP contribution in [0.4, 0.5) is 5.82 Å². The van der Waals surface area contributed by atoms with E-state index in [1.54, 1.807) is 0 Å². The number of sulfonamides is 1. The van der Waals surface area contributed by atoms with Crippen molar-refractivity contribution >= 4 is 27.3 Å². The Hall–Kier alpha value is -2.84. The van der Waals surface area contributed by atoms with Gasteiger partial charge in [0.2, 0.25) is 10.0 Å². The molecule has 7 nitrogen and oxygen atoms in total. The second kappa shape index (κ2) is 7.69. The normalized spacial score (nSPS) is 17.8. The third-order valence-electron chi connectivity index (χ3n) is 6.31. The van der Waals surface area contributed by atoms with E-state index in [9.17, 15) is 13.2 Å². The first-order valence-corrected chi connectivity index (χ1v) is 12.4. The van der Waals surface area contributed by atoms with E-state index in [-0.39, 0.29) is 11.9 Å². The maximum Gasteiger partial charge on any atom is 0.253 e. The van der Waals surface area contributed by atoms with Crippen molar-refractivity contribution in [3.63, 3.8) is 0 Å². The molecule has 2 aliphatic rings. The Morgan fingerprint density at radius 2 is 1.58 bits per heavy atom. The summed E-state index contributed by atoms with van der Waals surface area (Å²) < 4.78 is 27.1. The van der Waals surface area contributed by atoms with Crippen LogP contribution >= 0.6 is 0 Å². The van der Waals surface area contributed by atoms with Gasteiger partial charge in [-0.3, -0.25) is 4.79 Å². The molecule has 1 N–H and O–H groups in total. The van der Waals surface area contributed by atoms with E-state index in [4.69, 9.17) is 0 Å². The van der Waals surface area contributed by atoms with Gasteiger partial charge < -0.3 is 14.6 Å². The maximum absolute atomic E-state index is 12.9. The van der Waals surface area contributed by atoms with Gasteiger partial charge in [-0.05, 0) is 48.2 Å². The summed E-state index contributed by atoms with van der Waals surface area (Å²) in [6.45, 7) is 2.18. The molecule has 3 aromatic rings. The van der Waals surface area contributed by atoms with Crippen LogP contribution in [0.2, 0.25) is 0 Å². The summed E-state index contributed by atoms with van der Waals surface area (Å²) in [5, 5.41) is 3.18. The van der Waals surface area contributed by atoms with E-state index >= 15 is 0 Å². The van der Waals surface area contributed by atoms with Crippen molar-refractivity contribution in [2.75, 3.05) is 37.3 Å². The quantitative estimate of drug-likeness (QED) is 0.676. The summed E-state index contributed by atoms with van der Waals surface area (Å²) in [6, 6.07) is 16.3. The molecule has 0 bridgehead atoms. The molecule has 1 fully saturated rings. The Morgan fingerprint density at radius 3 is 2.23 bits per heavy atom. The molecule has 1 saturated heterocycles. The maximum atomic E-state index is 12.9. The van der Waals surface area contributed by atoms with Crippen molar-refractivity contribution in [3.05, 3.63) is 71.4 Å². The van der Waals surface area contributed by atoms with E-state index in [1.165, 1.54) is 21.7 Å². The molecule has 0 spiro atoms. The molecular weight excluding hydrogens is 412 g/mol. The largest absolute Gasteiger partial charge is 0.355 e. The van der Waals surface area contributed by atoms with Crippen molar-refractivity contribution in [3.8, 4) is 0 Å². The van der Waals surface area contributed by atoms with Crippen molar-refractivity contribution in [2.45, 2.75) is 18.9 Å². The first-order chi connectivity index (χ1) is 14.9. The highest BCUT2D eigenvalue weighted by molar-refractivity contribution is 7.88. The molecule has 8 heteroatoms. The van der Waals surface area contributed by atoms with Crippen LogP contribution in [0.15, 0.2) is 54.7 Å². The minimum Gasteiger partial charge on any atom is -0.355 e. The lowest BCUT2D eigenvalue weighted by molar-refractivity contribution is 0.0938. The van der Waals surface area contributed by atoms with Gasteiger partial charge in [-0.1, -0.05) is 24.3 Å². The minimum absolute atomic E-state index is 0.0683. The van der Waals surface area contributed by atoms with Gasteiger partial charge in [-0.25, -0.2) is 8.42 Å². The van der Waals surface area contributed by atoms with Gasteiger partial charge in [0.1, 0.15) is 5.82 Å². The Labute approximate surface area is 182 Å². The number of amides is 1. The van der Waals surface area contributed by atoms with Gasteiger partial charge in [0, 0.05) is 43.9 Å². The Morgan fingerprint density at radius 1 is 0.935 bits per heavy atom. The molecule has 0 unspecified atom stereocenters. The molecule has 0 atom stereocenters. The zero-order chi connectivity index (χ0) is 21.6. The topological polar surface area (TPSA) is 74.1 Å². The number of nitrogens with zero attached hydrogens (tertiary/aromatic N) is 3. The number of fused-ring (bicyclic) bond motifs is 2. The number of hydrogen-bond acceptors (Lipinski definition) is 4. The predicted molar refractivity (Wildman–Crippen MR) is 121 cm³/mol. The average Bonchev–Trinajstić information content (AvgIpc) is 3.36. The van der Waals surface area contributed by atoms with Crippen molar-refractivity contribution < 1.29 is 13.2 Å². The standard InChI is InChI=1S/C23H26N4O3S/c1-31(29,30)26-12-10-25(11-13-26)22-9-8-21-7-6-19(16-27(21)22)23(28)24-20-14-17-4-2-3-5-18(17)15-20/h2-9,16,20H,10-15H2,1H3,(H,24,28). The van der Waals surface area contributed by atoms with Crippen LogP contribution in [-0.2, 0) is 22.9 Å². The van der Waals surface area contributed by atoms with E-state index in [0.29, 0.717) is 31.7 Å². The highest BCUT2D eigenvalue weighted by Gasteiger charge is 2.26. The lowest BCUT2D eigenvalue weighted by atomic mass is 10.1. The summed E-state index contributed by atoms with van der Waals surface area (Å²) in [4.78, 5) is 15.1. The second-order valence-electron chi connectivity index (χ2n) is 8.40. The van der Waals surface area contributed by atoms with Crippen LogP contribution in [0, 0.1) is 0 Å². The molecule has 162 valence electrons. The number of hydrogen-bond donors (Lipinski definition) is 1. The van der Waals surface area contributed by atoms with Crippen LogP contribution in [-0.4, -0.2) is 61.5 Å². The van der Waals surface area contributed by atoms with Crippen LogP contribution in [0.25, 0.3) is 5.52 Å². The van der Waals surface area contributed by atoms with Crippen LogP contribution < -0.4 is 10.2 Å². The lowest BCUT2D eigenvalue weighted by Gasteiger charge is -2.34. The van der Waals surface area contributed by atoms with Crippen molar-refractivity contribution in [2.24, 2.45) is 0 Å². The first kappa shape index (κ1) is 20.1. The van der Waals surface area contributed by atoms with Gasteiger partial charge in [-0.2, -0.15) is 4.31 Å². The van der Waals surface area contributed by atoms with Gasteiger partial charge >= 0.3 is 0 Å². The summed E-state index contributed by atoms with van der Waals surface area (Å²) in [5.74, 6) is 0.910. The number of carbonyl (C=O) groups excluding carboxylic acids is 1. The van der Waals surface area contributed by atoms with Gasteiger partial charge in [0.15, 0.2) is 0 Å². The Bertz CT molecular complexity index is 1220. The van der Waals surface area contributed by atoms with E-state index in [2.05, 4.69) is 22.3 Å². The smallest absolute Gasteiger partial charge is 0.253 e. The number of pyridine rings is 1. The highest BCUT2D eigenvalue weighted by atomic mass is 32.2. The van der Waals surface area contributed by atoms with Crippen molar-refractivity contribution in [1.29, 1.82) is 0 Å². The van der Waals surface area contributed by atoms with E-state index in [0.717, 1.165) is 24.2 Å². The van der Waals surface area contributed by atoms with Gasteiger partial charge in [0.05, 0.1) is 11.8 Å². The molecule has 1 amide bonds. The third-order valence-corrected chi connectivity index (χ3v) is 7.61. The Kier molecular flexibility index (Phi) is 4.98. The zero-order valence-electron chi connectivity index (χ0n) is 17.5. The second-order valence-corrected chi connectivity index (χ2v) is 10.4. The van der Waals surface area contributed by atoms with Gasteiger partial charge in [0.25, 0.3) is 5.91 Å². The fourth-order valence-corrected chi connectivity index (χ4v) is 5.48. The summed E-state index contributed by atoms with van der Waals surface area (Å²) in [5.41, 5.74) is 4.24. The highest BCUT2D eigenvalue weighted by Crippen LogP contribution is 2.24. The molecule has 1 aliphatic carbocycles. The number of nitrogens with one attached hydrogen (secondary N) is 1. The van der Waals surface area contributed by atoms with Crippen LogP contribution in [0.5, 0.6) is 0 Å². The molecule has 1 aromatic carbocycles. The SMILES string of the molecule is CS(=O)(=O)N1CCN(c2ccc3ccc(C(=O)NC4Cc5ccccc5C4)cn23)CC1. The summed E-state index contributed by atoms with van der Waals surface area (Å²) >= 11 is 0. The number of aromatic nitrogens is 1. The van der Waals surface area contributed by atoms with Crippen LogP contribution in [0.3, 0.4) is 0 Å². The fraction of sp³-hybridized carbons (Fsp3) is 0.348. The molecule has 0 radical (unpaired) electrons. The molecule has 3 heterocycles. The molecular formula is C23H26N4O3S. The van der Waals surface area contributed by atoms with Crippen molar-refractivity contribution in [1.82, 2.24) is 14.0 Å². The Balaban J connectivity index is 1.32. The summed E-state index contributed by atoms with van der Waals surface area (Å²) in [7, 11) is -3.16. The van der Waals surface area contributed by atoms with Gasteiger partial charge in [-0.15, -0.1) is 0 Å². The molecule has 5 rings (SSSR count).